The van der Waals surface area contributed by atoms with Gasteiger partial charge in [0.1, 0.15) is 5.60 Å². The summed E-state index contributed by atoms with van der Waals surface area (Å²) in [6.45, 7) is 9.53. The van der Waals surface area contributed by atoms with E-state index in [0.717, 1.165) is 38.5 Å². The summed E-state index contributed by atoms with van der Waals surface area (Å²) in [5.74, 6) is 1.94. The maximum atomic E-state index is 12.4. The van der Waals surface area contributed by atoms with Crippen LogP contribution in [0.25, 0.3) is 0 Å². The van der Waals surface area contributed by atoms with E-state index in [1.165, 1.54) is 42.1 Å². The highest BCUT2D eigenvalue weighted by Gasteiger charge is 2.40. The maximum absolute atomic E-state index is 12.4. The quantitative estimate of drug-likeness (QED) is 0.720. The monoisotopic (exact) mass is 391 g/mol. The van der Waals surface area contributed by atoms with Crippen molar-refractivity contribution in [2.75, 3.05) is 31.1 Å². The van der Waals surface area contributed by atoms with Crippen LogP contribution < -0.4 is 4.90 Å². The number of carbonyl (C=O) groups excluding carboxylic acids is 1. The minimum Gasteiger partial charge on any atom is -0.444 e. The number of thiazole rings is 1. The second kappa shape index (κ2) is 7.61. The summed E-state index contributed by atoms with van der Waals surface area (Å²) in [5.41, 5.74) is -0.425. The Hall–Kier alpha value is -1.30. The molecule has 0 radical (unpaired) electrons. The molecule has 6 heteroatoms. The Balaban J connectivity index is 1.36. The molecular weight excluding hydrogens is 358 g/mol. The molecule has 2 saturated heterocycles. The van der Waals surface area contributed by atoms with Crippen LogP contribution in [-0.2, 0) is 4.74 Å². The van der Waals surface area contributed by atoms with E-state index >= 15 is 0 Å². The first-order valence-corrected chi connectivity index (χ1v) is 11.4. The lowest BCUT2D eigenvalue weighted by Crippen LogP contribution is -2.45. The number of ether oxygens (including phenoxy) is 1. The van der Waals surface area contributed by atoms with Crippen molar-refractivity contribution in [1.82, 2.24) is 9.88 Å². The molecule has 3 fully saturated rings. The Morgan fingerprint density at radius 2 is 1.85 bits per heavy atom. The van der Waals surface area contributed by atoms with Gasteiger partial charge in [-0.05, 0) is 57.8 Å². The number of anilines is 1. The SMILES string of the molecule is CC(C)(C)OC(=O)N1CCC2CN(c3ncc(C4CCCCC4)s3)CC2C1. The van der Waals surface area contributed by atoms with Crippen LogP contribution in [0.5, 0.6) is 0 Å². The summed E-state index contributed by atoms with van der Waals surface area (Å²) in [5, 5.41) is 1.19. The van der Waals surface area contributed by atoms with Gasteiger partial charge in [-0.1, -0.05) is 19.3 Å². The zero-order chi connectivity index (χ0) is 19.0. The molecule has 1 aliphatic carbocycles. The summed E-state index contributed by atoms with van der Waals surface area (Å²) in [4.78, 5) is 23.0. The smallest absolute Gasteiger partial charge is 0.410 e. The van der Waals surface area contributed by atoms with Crippen molar-refractivity contribution in [3.05, 3.63) is 11.1 Å². The van der Waals surface area contributed by atoms with Crippen molar-refractivity contribution in [1.29, 1.82) is 0 Å². The maximum Gasteiger partial charge on any atom is 0.410 e. The van der Waals surface area contributed by atoms with Crippen molar-refractivity contribution in [2.45, 2.75) is 70.8 Å². The van der Waals surface area contributed by atoms with Crippen LogP contribution in [-0.4, -0.2) is 47.8 Å². The standard InChI is InChI=1S/C21H33N3O2S/c1-21(2,3)26-20(25)23-10-9-16-12-24(14-17(16)13-23)19-22-11-18(27-19)15-7-5-4-6-8-15/h11,15-17H,4-10,12-14H2,1-3H3. The lowest BCUT2D eigenvalue weighted by molar-refractivity contribution is 0.0140. The van der Waals surface area contributed by atoms with E-state index in [-0.39, 0.29) is 6.09 Å². The molecule has 3 heterocycles. The third-order valence-electron chi connectivity index (χ3n) is 6.24. The number of carbonyl (C=O) groups is 1. The molecule has 5 nitrogen and oxygen atoms in total. The van der Waals surface area contributed by atoms with E-state index in [1.807, 2.05) is 37.0 Å². The summed E-state index contributed by atoms with van der Waals surface area (Å²) < 4.78 is 5.57. The molecule has 4 rings (SSSR count). The summed E-state index contributed by atoms with van der Waals surface area (Å²) in [6.07, 6.45) is 9.83. The van der Waals surface area contributed by atoms with Crippen molar-refractivity contribution in [3.8, 4) is 0 Å². The summed E-state index contributed by atoms with van der Waals surface area (Å²) >= 11 is 1.91. The van der Waals surface area contributed by atoms with Crippen molar-refractivity contribution in [2.24, 2.45) is 11.8 Å². The third-order valence-corrected chi connectivity index (χ3v) is 7.46. The molecule has 150 valence electrons. The van der Waals surface area contributed by atoms with E-state index in [0.29, 0.717) is 11.8 Å². The zero-order valence-electron chi connectivity index (χ0n) is 16.9. The number of amides is 1. The van der Waals surface area contributed by atoms with Gasteiger partial charge in [0.25, 0.3) is 0 Å². The predicted molar refractivity (Wildman–Crippen MR) is 110 cm³/mol. The van der Waals surface area contributed by atoms with Gasteiger partial charge < -0.3 is 14.5 Å². The number of fused-ring (bicyclic) bond motifs is 1. The van der Waals surface area contributed by atoms with Gasteiger partial charge in [-0.2, -0.15) is 0 Å². The second-order valence-electron chi connectivity index (χ2n) is 9.52. The first-order chi connectivity index (χ1) is 12.9. The molecule has 2 aliphatic heterocycles. The van der Waals surface area contributed by atoms with Crippen molar-refractivity contribution >= 4 is 22.6 Å². The number of piperidine rings is 1. The number of aromatic nitrogens is 1. The van der Waals surface area contributed by atoms with Crippen LogP contribution >= 0.6 is 11.3 Å². The predicted octanol–water partition coefficient (Wildman–Crippen LogP) is 4.88. The topological polar surface area (TPSA) is 45.7 Å². The average Bonchev–Trinajstić information content (AvgIpc) is 3.27. The Morgan fingerprint density at radius 1 is 1.11 bits per heavy atom. The molecule has 0 aromatic carbocycles. The van der Waals surface area contributed by atoms with E-state index in [2.05, 4.69) is 11.1 Å². The Bertz CT molecular complexity index is 663. The fourth-order valence-corrected chi connectivity index (χ4v) is 5.92. The lowest BCUT2D eigenvalue weighted by Gasteiger charge is -2.35. The fraction of sp³-hybridized carbons (Fsp3) is 0.810. The van der Waals surface area contributed by atoms with E-state index in [1.54, 1.807) is 0 Å². The highest BCUT2D eigenvalue weighted by atomic mass is 32.1. The minimum absolute atomic E-state index is 0.159. The van der Waals surface area contributed by atoms with E-state index in [9.17, 15) is 4.79 Å². The van der Waals surface area contributed by atoms with Crippen LogP contribution in [0.4, 0.5) is 9.93 Å². The van der Waals surface area contributed by atoms with Crippen LogP contribution in [0.2, 0.25) is 0 Å². The minimum atomic E-state index is -0.425. The van der Waals surface area contributed by atoms with Crippen LogP contribution in [0, 0.1) is 11.8 Å². The van der Waals surface area contributed by atoms with E-state index in [4.69, 9.17) is 9.72 Å². The molecule has 0 spiro atoms. The first kappa shape index (κ1) is 19.0. The molecular formula is C21H33N3O2S. The number of likely N-dealkylation sites (tertiary alicyclic amines) is 1. The number of hydrogen-bond acceptors (Lipinski definition) is 5. The Morgan fingerprint density at radius 3 is 2.59 bits per heavy atom. The van der Waals surface area contributed by atoms with Gasteiger partial charge in [0.2, 0.25) is 0 Å². The van der Waals surface area contributed by atoms with Crippen LogP contribution in [0.15, 0.2) is 6.20 Å². The first-order valence-electron chi connectivity index (χ1n) is 10.6. The third kappa shape index (κ3) is 4.41. The normalized spacial score (nSPS) is 26.9. The molecule has 1 aromatic heterocycles. The summed E-state index contributed by atoms with van der Waals surface area (Å²) in [6, 6.07) is 0. The van der Waals surface area contributed by atoms with Gasteiger partial charge in [0.15, 0.2) is 5.13 Å². The average molecular weight is 392 g/mol. The lowest BCUT2D eigenvalue weighted by atomic mass is 9.89. The summed E-state index contributed by atoms with van der Waals surface area (Å²) in [7, 11) is 0. The molecule has 3 aliphatic rings. The fourth-order valence-electron chi connectivity index (χ4n) is 4.82. The highest BCUT2D eigenvalue weighted by Crippen LogP contribution is 2.40. The van der Waals surface area contributed by atoms with Gasteiger partial charge in [-0.15, -0.1) is 11.3 Å². The zero-order valence-corrected chi connectivity index (χ0v) is 17.8. The van der Waals surface area contributed by atoms with Crippen LogP contribution in [0.1, 0.15) is 70.1 Å². The number of nitrogens with zero attached hydrogens (tertiary/aromatic N) is 3. The molecule has 2 atom stereocenters. The number of rotatable bonds is 2. The van der Waals surface area contributed by atoms with Gasteiger partial charge in [-0.25, -0.2) is 9.78 Å². The van der Waals surface area contributed by atoms with Crippen LogP contribution in [0.3, 0.4) is 0 Å². The molecule has 27 heavy (non-hydrogen) atoms. The Kier molecular flexibility index (Phi) is 5.36. The number of hydrogen-bond donors (Lipinski definition) is 0. The molecule has 2 unspecified atom stereocenters. The van der Waals surface area contributed by atoms with Gasteiger partial charge in [0, 0.05) is 37.3 Å². The van der Waals surface area contributed by atoms with Crippen molar-refractivity contribution in [3.63, 3.8) is 0 Å². The largest absolute Gasteiger partial charge is 0.444 e. The molecule has 1 aromatic rings. The highest BCUT2D eigenvalue weighted by molar-refractivity contribution is 7.15. The van der Waals surface area contributed by atoms with E-state index < -0.39 is 5.60 Å². The van der Waals surface area contributed by atoms with Crippen molar-refractivity contribution < 1.29 is 9.53 Å². The van der Waals surface area contributed by atoms with Gasteiger partial charge in [-0.3, -0.25) is 0 Å². The Labute approximate surface area is 167 Å². The molecule has 0 bridgehead atoms. The molecule has 1 amide bonds. The van der Waals surface area contributed by atoms with Gasteiger partial charge >= 0.3 is 6.09 Å². The molecule has 1 saturated carbocycles. The second-order valence-corrected chi connectivity index (χ2v) is 10.6. The van der Waals surface area contributed by atoms with Gasteiger partial charge in [0.05, 0.1) is 0 Å². The molecule has 0 N–H and O–H groups in total.